The molecule has 2 unspecified atom stereocenters. The van der Waals surface area contributed by atoms with Gasteiger partial charge in [-0.2, -0.15) is 0 Å². The summed E-state index contributed by atoms with van der Waals surface area (Å²) in [5.41, 5.74) is 5.12. The van der Waals surface area contributed by atoms with Crippen molar-refractivity contribution in [2.45, 2.75) is 84.0 Å². The van der Waals surface area contributed by atoms with Crippen LogP contribution in [0.3, 0.4) is 0 Å². The monoisotopic (exact) mass is 593 g/mol. The minimum atomic E-state index is -0.0771. The number of carbonyl (C=O) groups excluding carboxylic acids is 2. The van der Waals surface area contributed by atoms with Crippen LogP contribution in [-0.2, 0) is 22.6 Å². The highest BCUT2D eigenvalue weighted by Gasteiger charge is 2.41. The third-order valence-electron chi connectivity index (χ3n) is 8.74. The first-order valence-corrected chi connectivity index (χ1v) is 16.4. The lowest BCUT2D eigenvalue weighted by Gasteiger charge is -2.44. The molecule has 3 aromatic carbocycles. The molecule has 2 amide bonds. The molecule has 2 fully saturated rings. The van der Waals surface area contributed by atoms with E-state index < -0.39 is 0 Å². The number of morpholine rings is 1. The van der Waals surface area contributed by atoms with Gasteiger partial charge < -0.3 is 15.0 Å². The van der Waals surface area contributed by atoms with Crippen LogP contribution in [0.1, 0.15) is 84.5 Å². The van der Waals surface area contributed by atoms with E-state index in [2.05, 4.69) is 78.7 Å². The maximum atomic E-state index is 13.7. The van der Waals surface area contributed by atoms with Crippen LogP contribution in [0.25, 0.3) is 6.08 Å². The van der Waals surface area contributed by atoms with Crippen molar-refractivity contribution in [3.8, 4) is 0 Å². The molecule has 0 aromatic heterocycles. The lowest BCUT2D eigenvalue weighted by Crippen LogP contribution is -2.54. The van der Waals surface area contributed by atoms with Gasteiger partial charge in [0.1, 0.15) is 6.10 Å². The van der Waals surface area contributed by atoms with Crippen LogP contribution < -0.4 is 5.32 Å². The van der Waals surface area contributed by atoms with Gasteiger partial charge in [0, 0.05) is 31.7 Å². The van der Waals surface area contributed by atoms with E-state index in [-0.39, 0.29) is 24.0 Å². The molecular weight excluding hydrogens is 546 g/mol. The largest absolute Gasteiger partial charge is 0.482 e. The highest BCUT2D eigenvalue weighted by Crippen LogP contribution is 2.34. The maximum Gasteiger partial charge on any atom is 0.289 e. The Kier molecular flexibility index (Phi) is 11.3. The van der Waals surface area contributed by atoms with Crippen molar-refractivity contribution in [3.05, 3.63) is 112 Å². The predicted octanol–water partition coefficient (Wildman–Crippen LogP) is 7.13. The normalized spacial score (nSPS) is 19.1. The van der Waals surface area contributed by atoms with E-state index in [1.54, 1.807) is 0 Å². The zero-order valence-electron chi connectivity index (χ0n) is 26.3. The second-order valence-electron chi connectivity index (χ2n) is 12.3. The van der Waals surface area contributed by atoms with Crippen molar-refractivity contribution in [3.63, 3.8) is 0 Å². The number of hydrogen-bond acceptors (Lipinski definition) is 4. The van der Waals surface area contributed by atoms with Crippen molar-refractivity contribution in [1.29, 1.82) is 0 Å². The molecule has 44 heavy (non-hydrogen) atoms. The summed E-state index contributed by atoms with van der Waals surface area (Å²) >= 11 is 0. The number of rotatable bonds is 13. The fraction of sp³-hybridized carbons (Fsp3) is 0.421. The van der Waals surface area contributed by atoms with Gasteiger partial charge in [-0.05, 0) is 80.5 Å². The van der Waals surface area contributed by atoms with Crippen LogP contribution in [-0.4, -0.2) is 53.4 Å². The highest BCUT2D eigenvalue weighted by molar-refractivity contribution is 5.97. The maximum absolute atomic E-state index is 13.7. The Labute approximate surface area is 263 Å². The Morgan fingerprint density at radius 3 is 2.48 bits per heavy atom. The lowest BCUT2D eigenvalue weighted by molar-refractivity contribution is -0.149. The number of nitrogens with zero attached hydrogens (tertiary/aromatic N) is 2. The van der Waals surface area contributed by atoms with Crippen molar-refractivity contribution in [2.24, 2.45) is 0 Å². The van der Waals surface area contributed by atoms with E-state index in [0.717, 1.165) is 62.9 Å². The molecule has 0 bridgehead atoms. The predicted molar refractivity (Wildman–Crippen MR) is 177 cm³/mol. The van der Waals surface area contributed by atoms with Gasteiger partial charge in [0.05, 0.1) is 6.04 Å². The molecule has 2 aliphatic rings. The van der Waals surface area contributed by atoms with Gasteiger partial charge in [-0.15, -0.1) is 0 Å². The summed E-state index contributed by atoms with van der Waals surface area (Å²) in [5.74, 6) is 0.254. The molecular formula is C38H47N3O3. The average molecular weight is 594 g/mol. The molecule has 1 N–H and O–H groups in total. The van der Waals surface area contributed by atoms with Gasteiger partial charge in [0.2, 0.25) is 0 Å². The molecule has 5 rings (SSSR count). The Morgan fingerprint density at radius 1 is 0.955 bits per heavy atom. The summed E-state index contributed by atoms with van der Waals surface area (Å²) in [4.78, 5) is 31.0. The number of amides is 2. The van der Waals surface area contributed by atoms with Crippen molar-refractivity contribution in [2.75, 3.05) is 19.6 Å². The molecule has 1 saturated heterocycles. The molecule has 232 valence electrons. The molecule has 3 aromatic rings. The van der Waals surface area contributed by atoms with Gasteiger partial charge in [-0.3, -0.25) is 14.5 Å². The fourth-order valence-corrected chi connectivity index (χ4v) is 6.35. The number of fused-ring (bicyclic) bond motifs is 1. The molecule has 1 aliphatic heterocycles. The van der Waals surface area contributed by atoms with E-state index in [0.29, 0.717) is 24.4 Å². The van der Waals surface area contributed by atoms with E-state index in [9.17, 15) is 9.59 Å². The number of nitrogens with one attached hydrogen (secondary N) is 1. The topological polar surface area (TPSA) is 61.9 Å². The number of hydrogen-bond donors (Lipinski definition) is 1. The van der Waals surface area contributed by atoms with E-state index in [1.807, 2.05) is 35.2 Å². The average Bonchev–Trinajstić information content (AvgIpc) is 3.04. The minimum absolute atomic E-state index is 0.0214. The summed E-state index contributed by atoms with van der Waals surface area (Å²) in [6, 6.07) is 26.5. The Balaban J connectivity index is 1.17. The summed E-state index contributed by atoms with van der Waals surface area (Å²) in [5, 5.41) is 3.08. The molecule has 1 saturated carbocycles. The Morgan fingerprint density at radius 2 is 1.70 bits per heavy atom. The molecule has 6 nitrogen and oxygen atoms in total. The number of carbonyl (C=O) groups is 2. The van der Waals surface area contributed by atoms with Crippen LogP contribution in [0.15, 0.2) is 84.6 Å². The lowest BCUT2D eigenvalue weighted by atomic mass is 9.89. The summed E-state index contributed by atoms with van der Waals surface area (Å²) in [7, 11) is 0. The van der Waals surface area contributed by atoms with Gasteiger partial charge in [0.25, 0.3) is 11.8 Å². The highest BCUT2D eigenvalue weighted by atomic mass is 16.5. The smallest absolute Gasteiger partial charge is 0.289 e. The Hall–Kier alpha value is -3.90. The summed E-state index contributed by atoms with van der Waals surface area (Å²) in [6.45, 7) is 8.46. The molecule has 2 atom stereocenters. The summed E-state index contributed by atoms with van der Waals surface area (Å²) < 4.78 is 6.31. The minimum Gasteiger partial charge on any atom is -0.482 e. The zero-order valence-corrected chi connectivity index (χ0v) is 26.3. The third-order valence-corrected chi connectivity index (χ3v) is 8.74. The molecule has 0 radical (unpaired) electrons. The SMILES string of the molecule is CCCCN(CCCNC(=O)c1ccc(/C=C2/OC3CCCCC3N(Cc3cccc(C)c3)C2=O)cc1)Cc1ccccc1. The first-order valence-electron chi connectivity index (χ1n) is 16.4. The van der Waals surface area contributed by atoms with Gasteiger partial charge in [-0.25, -0.2) is 0 Å². The van der Waals surface area contributed by atoms with Crippen LogP contribution in [0.5, 0.6) is 0 Å². The summed E-state index contributed by atoms with van der Waals surface area (Å²) in [6.07, 6.45) is 9.26. The number of unbranched alkanes of at least 4 members (excludes halogenated alkanes) is 1. The first kappa shape index (κ1) is 31.5. The van der Waals surface area contributed by atoms with E-state index in [1.165, 1.54) is 24.0 Å². The number of aryl methyl sites for hydroxylation is 1. The third kappa shape index (κ3) is 8.60. The quantitative estimate of drug-likeness (QED) is 0.169. The first-order chi connectivity index (χ1) is 21.5. The molecule has 1 heterocycles. The van der Waals surface area contributed by atoms with E-state index >= 15 is 0 Å². The van der Waals surface area contributed by atoms with Crippen molar-refractivity contribution in [1.82, 2.24) is 15.1 Å². The Bertz CT molecular complexity index is 1400. The number of ether oxygens (including phenoxy) is 1. The van der Waals surface area contributed by atoms with E-state index in [4.69, 9.17) is 4.74 Å². The van der Waals surface area contributed by atoms with Gasteiger partial charge >= 0.3 is 0 Å². The van der Waals surface area contributed by atoms with Crippen molar-refractivity contribution < 1.29 is 14.3 Å². The fourth-order valence-electron chi connectivity index (χ4n) is 6.35. The van der Waals surface area contributed by atoms with Crippen LogP contribution in [0.4, 0.5) is 0 Å². The van der Waals surface area contributed by atoms with Crippen LogP contribution >= 0.6 is 0 Å². The molecule has 1 aliphatic carbocycles. The molecule has 6 heteroatoms. The van der Waals surface area contributed by atoms with Gasteiger partial charge in [0.15, 0.2) is 5.76 Å². The van der Waals surface area contributed by atoms with Gasteiger partial charge in [-0.1, -0.05) is 92.1 Å². The van der Waals surface area contributed by atoms with Crippen LogP contribution in [0.2, 0.25) is 0 Å². The number of benzene rings is 3. The second kappa shape index (κ2) is 15.7. The van der Waals surface area contributed by atoms with Crippen molar-refractivity contribution >= 4 is 17.9 Å². The van der Waals surface area contributed by atoms with Crippen LogP contribution in [0, 0.1) is 6.92 Å². The standard InChI is InChI=1S/C38H47N3O3/c1-3-4-23-40(27-31-13-6-5-7-14-31)24-11-22-39-37(42)33-20-18-30(19-21-33)26-36-38(43)41(28-32-15-10-12-29(2)25-32)34-16-8-9-17-35(34)44-36/h5-7,10,12-15,18-21,25-26,34-35H,3-4,8-9,11,16-17,22-24,27-28H2,1-2H3,(H,39,42)/b36-26+. The second-order valence-corrected chi connectivity index (χ2v) is 12.3. The molecule has 0 spiro atoms. The zero-order chi connectivity index (χ0) is 30.7.